The van der Waals surface area contributed by atoms with Crippen molar-refractivity contribution in [3.63, 3.8) is 0 Å². The normalized spacial score (nSPS) is 14.1. The number of hydrogen-bond donors (Lipinski definition) is 1. The summed E-state index contributed by atoms with van der Waals surface area (Å²) in [7, 11) is 0. The van der Waals surface area contributed by atoms with Crippen molar-refractivity contribution >= 4 is 17.3 Å². The van der Waals surface area contributed by atoms with E-state index in [9.17, 15) is 10.1 Å². The van der Waals surface area contributed by atoms with Crippen LogP contribution >= 0.6 is 0 Å². The predicted molar refractivity (Wildman–Crippen MR) is 83.3 cm³/mol. The molecule has 23 heavy (non-hydrogen) atoms. The smallest absolute Gasteiger partial charge is 0.228 e. The van der Waals surface area contributed by atoms with Crippen LogP contribution in [-0.2, 0) is 11.2 Å². The van der Waals surface area contributed by atoms with Crippen molar-refractivity contribution in [1.29, 1.82) is 21.2 Å². The van der Waals surface area contributed by atoms with Gasteiger partial charge in [0.05, 0.1) is 29.8 Å². The maximum atomic E-state index is 12.5. The summed E-state index contributed by atoms with van der Waals surface area (Å²) in [5.74, 6) is -2.61. The zero-order valence-corrected chi connectivity index (χ0v) is 12.5. The first-order valence-corrected chi connectivity index (χ1v) is 7.27. The molecule has 114 valence electrons. The molecule has 2 rings (SSSR count). The van der Waals surface area contributed by atoms with Gasteiger partial charge in [0.25, 0.3) is 0 Å². The van der Waals surface area contributed by atoms with E-state index in [2.05, 4.69) is 0 Å². The third-order valence-electron chi connectivity index (χ3n) is 3.89. The molecule has 1 aromatic carbocycles. The molecule has 0 spiro atoms. The van der Waals surface area contributed by atoms with E-state index in [1.54, 1.807) is 17.0 Å². The minimum Gasteiger partial charge on any atom is -0.312 e. The van der Waals surface area contributed by atoms with Crippen LogP contribution in [0, 0.1) is 51.2 Å². The van der Waals surface area contributed by atoms with Crippen LogP contribution in [0.3, 0.4) is 0 Å². The molecule has 6 nitrogen and oxygen atoms in total. The van der Waals surface area contributed by atoms with Crippen LogP contribution in [0.5, 0.6) is 0 Å². The van der Waals surface area contributed by atoms with Crippen molar-refractivity contribution in [2.24, 2.45) is 11.8 Å². The van der Waals surface area contributed by atoms with Gasteiger partial charge in [0.1, 0.15) is 0 Å². The van der Waals surface area contributed by atoms with Crippen molar-refractivity contribution in [3.8, 4) is 18.2 Å². The second kappa shape index (κ2) is 7.20. The van der Waals surface area contributed by atoms with Crippen LogP contribution in [0.2, 0.25) is 0 Å². The summed E-state index contributed by atoms with van der Waals surface area (Å²) in [6, 6.07) is 12.8. The number of para-hydroxylation sites is 1. The number of nitrogens with one attached hydrogen (secondary N) is 1. The Labute approximate surface area is 134 Å². The Morgan fingerprint density at radius 3 is 2.57 bits per heavy atom. The number of nitriles is 3. The molecule has 0 radical (unpaired) electrons. The summed E-state index contributed by atoms with van der Waals surface area (Å²) in [6.07, 6.45) is 1.56. The average molecular weight is 305 g/mol. The van der Waals surface area contributed by atoms with Gasteiger partial charge in [0, 0.05) is 18.7 Å². The lowest BCUT2D eigenvalue weighted by molar-refractivity contribution is -0.118. The van der Waals surface area contributed by atoms with Gasteiger partial charge in [-0.2, -0.15) is 15.8 Å². The largest absolute Gasteiger partial charge is 0.312 e. The number of benzene rings is 1. The van der Waals surface area contributed by atoms with Crippen LogP contribution < -0.4 is 4.90 Å². The molecule has 0 aromatic heterocycles. The molecular weight excluding hydrogens is 290 g/mol. The lowest BCUT2D eigenvalue weighted by Gasteiger charge is -2.30. The lowest BCUT2D eigenvalue weighted by atomic mass is 9.91. The molecule has 6 heteroatoms. The Hall–Kier alpha value is -3.17. The molecule has 0 saturated heterocycles. The average Bonchev–Trinajstić information content (AvgIpc) is 2.59. The third kappa shape index (κ3) is 3.36. The molecule has 1 aliphatic rings. The van der Waals surface area contributed by atoms with Gasteiger partial charge in [0.2, 0.25) is 5.91 Å². The highest BCUT2D eigenvalue weighted by atomic mass is 16.2. The van der Waals surface area contributed by atoms with Gasteiger partial charge < -0.3 is 10.3 Å². The molecule has 1 amide bonds. The van der Waals surface area contributed by atoms with Crippen LogP contribution in [-0.4, -0.2) is 18.2 Å². The van der Waals surface area contributed by atoms with Crippen molar-refractivity contribution < 1.29 is 4.79 Å². The molecular formula is C17H15N5O. The van der Waals surface area contributed by atoms with Crippen LogP contribution in [0.1, 0.15) is 18.4 Å². The first-order valence-electron chi connectivity index (χ1n) is 7.27. The van der Waals surface area contributed by atoms with Crippen LogP contribution in [0.15, 0.2) is 24.3 Å². The van der Waals surface area contributed by atoms with E-state index in [-0.39, 0.29) is 18.0 Å². The highest BCUT2D eigenvalue weighted by molar-refractivity contribution is 6.00. The van der Waals surface area contributed by atoms with Gasteiger partial charge in [-0.25, -0.2) is 0 Å². The maximum absolute atomic E-state index is 12.5. The minimum atomic E-state index is -1.29. The summed E-state index contributed by atoms with van der Waals surface area (Å²) in [5.41, 5.74) is 1.61. The molecule has 0 bridgehead atoms. The second-order valence-corrected chi connectivity index (χ2v) is 5.31. The van der Waals surface area contributed by atoms with Gasteiger partial charge in [-0.1, -0.05) is 18.2 Å². The fourth-order valence-electron chi connectivity index (χ4n) is 2.67. The molecule has 1 aromatic rings. The van der Waals surface area contributed by atoms with Crippen molar-refractivity contribution in [3.05, 3.63) is 29.8 Å². The summed E-state index contributed by atoms with van der Waals surface area (Å²) in [6.45, 7) is 0.571. The highest BCUT2D eigenvalue weighted by Crippen LogP contribution is 2.28. The Balaban J connectivity index is 2.16. The summed E-state index contributed by atoms with van der Waals surface area (Å²) in [5, 5.41) is 34.7. The third-order valence-corrected chi connectivity index (χ3v) is 3.89. The standard InChI is InChI=1S/C17H15N5O/c18-9-13(17(21)14(10-19)11-20)8-16(23)22-7-3-5-12-4-1-2-6-15(12)22/h1-2,4,6,13-14,21H,3,5,7-8H2/t13-/m1/s1. The van der Waals surface area contributed by atoms with Gasteiger partial charge in [-0.05, 0) is 24.5 Å². The number of rotatable bonds is 4. The van der Waals surface area contributed by atoms with E-state index < -0.39 is 11.8 Å². The fourth-order valence-corrected chi connectivity index (χ4v) is 2.67. The Morgan fingerprint density at radius 1 is 1.22 bits per heavy atom. The topological polar surface area (TPSA) is 116 Å². The molecule has 1 atom stereocenters. The summed E-state index contributed by atoms with van der Waals surface area (Å²) in [4.78, 5) is 14.2. The molecule has 1 N–H and O–H groups in total. The maximum Gasteiger partial charge on any atom is 0.228 e. The van der Waals surface area contributed by atoms with E-state index in [4.69, 9.17) is 15.9 Å². The number of carbonyl (C=O) groups excluding carboxylic acids is 1. The fraction of sp³-hybridized carbons (Fsp3) is 0.353. The van der Waals surface area contributed by atoms with Gasteiger partial charge in [-0.3, -0.25) is 4.79 Å². The van der Waals surface area contributed by atoms with E-state index >= 15 is 0 Å². The van der Waals surface area contributed by atoms with Crippen molar-refractivity contribution in [1.82, 2.24) is 0 Å². The van der Waals surface area contributed by atoms with Crippen molar-refractivity contribution in [2.45, 2.75) is 19.3 Å². The van der Waals surface area contributed by atoms with Crippen molar-refractivity contribution in [2.75, 3.05) is 11.4 Å². The molecule has 1 heterocycles. The van der Waals surface area contributed by atoms with E-state index in [1.165, 1.54) is 0 Å². The lowest BCUT2D eigenvalue weighted by Crippen LogP contribution is -2.37. The zero-order valence-electron chi connectivity index (χ0n) is 12.5. The number of carbonyl (C=O) groups is 1. The number of fused-ring (bicyclic) bond motifs is 1. The summed E-state index contributed by atoms with van der Waals surface area (Å²) < 4.78 is 0. The predicted octanol–water partition coefficient (Wildman–Crippen LogP) is 2.18. The summed E-state index contributed by atoms with van der Waals surface area (Å²) >= 11 is 0. The Bertz CT molecular complexity index is 735. The number of nitrogens with zero attached hydrogens (tertiary/aromatic N) is 4. The number of aryl methyl sites for hydroxylation is 1. The molecule has 0 aliphatic carbocycles. The molecule has 0 fully saturated rings. The second-order valence-electron chi connectivity index (χ2n) is 5.31. The van der Waals surface area contributed by atoms with Gasteiger partial charge in [-0.15, -0.1) is 0 Å². The molecule has 0 saturated carbocycles. The van der Waals surface area contributed by atoms with E-state index in [1.807, 2.05) is 30.3 Å². The SMILES string of the molecule is N#CC(C#N)C(=N)[C@@H](C#N)CC(=O)N1CCCc2ccccc21. The quantitative estimate of drug-likeness (QED) is 0.858. The van der Waals surface area contributed by atoms with E-state index in [0.717, 1.165) is 24.1 Å². The first kappa shape index (κ1) is 16.2. The Kier molecular flexibility index (Phi) is 5.07. The minimum absolute atomic E-state index is 0.191. The van der Waals surface area contributed by atoms with Gasteiger partial charge in [0.15, 0.2) is 5.92 Å². The van der Waals surface area contributed by atoms with Crippen LogP contribution in [0.25, 0.3) is 0 Å². The highest BCUT2D eigenvalue weighted by Gasteiger charge is 2.29. The number of amides is 1. The molecule has 0 unspecified atom stereocenters. The zero-order chi connectivity index (χ0) is 16.8. The number of hydrogen-bond acceptors (Lipinski definition) is 5. The first-order chi connectivity index (χ1) is 11.1. The Morgan fingerprint density at radius 2 is 1.91 bits per heavy atom. The van der Waals surface area contributed by atoms with Gasteiger partial charge >= 0.3 is 0 Å². The number of anilines is 1. The van der Waals surface area contributed by atoms with E-state index in [0.29, 0.717) is 6.54 Å². The monoisotopic (exact) mass is 305 g/mol. The molecule has 1 aliphatic heterocycles. The van der Waals surface area contributed by atoms with Crippen LogP contribution in [0.4, 0.5) is 5.69 Å².